The van der Waals surface area contributed by atoms with Crippen molar-refractivity contribution in [2.75, 3.05) is 20.4 Å². The molecule has 270 valence electrons. The van der Waals surface area contributed by atoms with Crippen LogP contribution < -0.4 is 20.3 Å². The van der Waals surface area contributed by atoms with Crippen LogP contribution in [0.5, 0.6) is 11.5 Å². The summed E-state index contributed by atoms with van der Waals surface area (Å²) in [7, 11) is 0.800. The summed E-state index contributed by atoms with van der Waals surface area (Å²) in [6, 6.07) is 10.6. The standard InChI is InChI=1S/C37H45BN4O9/c1-21(2)31(40-34(44)46-7)33(43)42-18-26(49-35(45)41-17-23-10-13-30-32(27(23)19-41)48-20-47-30)15-29(42)28-14-24(16-39-28)22-8-11-25(12-9-22)38-50-36(3,4)37(5,6)51-38/h8-13,16,21,26,29,31H,14-15,17-20H2,1-7H3,(H,40,44)/t26-,29+,31?/m0/s1. The van der Waals surface area contributed by atoms with Gasteiger partial charge < -0.3 is 38.5 Å². The van der Waals surface area contributed by atoms with Crippen LogP contribution in [0.1, 0.15) is 71.1 Å². The first kappa shape index (κ1) is 34.9. The number of amides is 3. The van der Waals surface area contributed by atoms with Crippen molar-refractivity contribution in [1.29, 1.82) is 0 Å². The molecule has 5 aliphatic heterocycles. The number of methoxy groups -OCH3 is 1. The number of carbonyl (C=O) groups is 3. The van der Waals surface area contributed by atoms with Crippen LogP contribution in [0.4, 0.5) is 9.59 Å². The van der Waals surface area contributed by atoms with Crippen LogP contribution in [0, 0.1) is 5.92 Å². The van der Waals surface area contributed by atoms with Crippen molar-refractivity contribution in [1.82, 2.24) is 15.1 Å². The highest BCUT2D eigenvalue weighted by Crippen LogP contribution is 2.42. The van der Waals surface area contributed by atoms with Crippen LogP contribution in [0.15, 0.2) is 47.6 Å². The number of allylic oxidation sites excluding steroid dienone is 1. The molecule has 2 aromatic rings. The van der Waals surface area contributed by atoms with E-state index in [1.807, 2.05) is 84.1 Å². The zero-order valence-electron chi connectivity index (χ0n) is 30.2. The number of likely N-dealkylation sites (tertiary alicyclic amines) is 1. The Hall–Kier alpha value is -4.56. The van der Waals surface area contributed by atoms with E-state index in [4.69, 9.17) is 33.2 Å². The molecule has 13 nitrogen and oxygen atoms in total. The molecule has 0 bridgehead atoms. The van der Waals surface area contributed by atoms with Gasteiger partial charge in [0, 0.05) is 36.9 Å². The number of rotatable bonds is 7. The van der Waals surface area contributed by atoms with Crippen molar-refractivity contribution >= 4 is 42.0 Å². The molecule has 3 amide bonds. The zero-order chi connectivity index (χ0) is 36.2. The van der Waals surface area contributed by atoms with Crippen molar-refractivity contribution in [3.63, 3.8) is 0 Å². The summed E-state index contributed by atoms with van der Waals surface area (Å²) < 4.78 is 34.5. The van der Waals surface area contributed by atoms with Gasteiger partial charge in [-0.15, -0.1) is 0 Å². The van der Waals surface area contributed by atoms with E-state index in [0.717, 1.165) is 33.4 Å². The minimum absolute atomic E-state index is 0.152. The lowest BCUT2D eigenvalue weighted by molar-refractivity contribution is -0.134. The zero-order valence-corrected chi connectivity index (χ0v) is 30.2. The van der Waals surface area contributed by atoms with Crippen LogP contribution in [-0.4, -0.2) is 90.6 Å². The smallest absolute Gasteiger partial charge is 0.454 e. The molecular weight excluding hydrogens is 655 g/mol. The average Bonchev–Trinajstić information content (AvgIpc) is 3.92. The van der Waals surface area contributed by atoms with E-state index in [0.29, 0.717) is 37.4 Å². The van der Waals surface area contributed by atoms with Crippen LogP contribution in [0.2, 0.25) is 0 Å². The van der Waals surface area contributed by atoms with E-state index in [9.17, 15) is 14.4 Å². The number of fused-ring (bicyclic) bond motifs is 3. The fraction of sp³-hybridized carbons (Fsp3) is 0.514. The predicted molar refractivity (Wildman–Crippen MR) is 189 cm³/mol. The number of alkyl carbamates (subject to hydrolysis) is 1. The summed E-state index contributed by atoms with van der Waals surface area (Å²) in [4.78, 5) is 48.0. The quantitative estimate of drug-likeness (QED) is 0.417. The molecule has 0 saturated carbocycles. The normalized spacial score (nSPS) is 23.3. The second-order valence-electron chi connectivity index (χ2n) is 15.1. The number of carbonyl (C=O) groups excluding carboxylic acids is 3. The highest BCUT2D eigenvalue weighted by molar-refractivity contribution is 6.62. The van der Waals surface area contributed by atoms with Gasteiger partial charge in [0.2, 0.25) is 12.7 Å². The lowest BCUT2D eigenvalue weighted by Crippen LogP contribution is -2.53. The van der Waals surface area contributed by atoms with Crippen LogP contribution >= 0.6 is 0 Å². The third kappa shape index (κ3) is 6.55. The van der Waals surface area contributed by atoms with E-state index in [2.05, 4.69) is 5.32 Å². The molecule has 0 aromatic heterocycles. The maximum absolute atomic E-state index is 14.1. The fourth-order valence-corrected chi connectivity index (χ4v) is 7.17. The van der Waals surface area contributed by atoms with Crippen molar-refractivity contribution in [3.8, 4) is 11.5 Å². The monoisotopic (exact) mass is 700 g/mol. The molecule has 3 atom stereocenters. The number of ether oxygens (including phenoxy) is 4. The maximum atomic E-state index is 14.1. The third-order valence-corrected chi connectivity index (χ3v) is 10.9. The van der Waals surface area contributed by atoms with Crippen molar-refractivity contribution in [2.24, 2.45) is 10.9 Å². The number of aliphatic imine (C=N–C) groups is 1. The Kier molecular flexibility index (Phi) is 9.03. The molecule has 0 radical (unpaired) electrons. The largest absolute Gasteiger partial charge is 0.494 e. The highest BCUT2D eigenvalue weighted by Gasteiger charge is 2.52. The van der Waals surface area contributed by atoms with Gasteiger partial charge in [-0.3, -0.25) is 14.7 Å². The van der Waals surface area contributed by atoms with Crippen LogP contribution in [0.25, 0.3) is 5.57 Å². The second kappa shape index (κ2) is 13.2. The van der Waals surface area contributed by atoms with Gasteiger partial charge in [0.25, 0.3) is 0 Å². The van der Waals surface area contributed by atoms with E-state index < -0.39 is 48.7 Å². The molecule has 1 unspecified atom stereocenters. The number of nitrogens with zero attached hydrogens (tertiary/aromatic N) is 3. The summed E-state index contributed by atoms with van der Waals surface area (Å²) in [6.45, 7) is 12.9. The molecule has 0 aliphatic carbocycles. The second-order valence-corrected chi connectivity index (χ2v) is 15.1. The Balaban J connectivity index is 1.05. The molecule has 5 aliphatic rings. The maximum Gasteiger partial charge on any atom is 0.494 e. The SMILES string of the molecule is COC(=O)NC(C(=O)N1C[C@@H](OC(=O)N2Cc3ccc4c(c3C2)OCO4)C[C@@H]1C1=NC=C(c2ccc(B3OC(C)(C)C(C)(C)O3)cc2)C1)C(C)C. The molecule has 2 aromatic carbocycles. The molecule has 2 saturated heterocycles. The summed E-state index contributed by atoms with van der Waals surface area (Å²) in [5.74, 6) is 0.826. The number of benzene rings is 2. The number of hydrogen-bond acceptors (Lipinski definition) is 10. The Morgan fingerprint density at radius 1 is 1.00 bits per heavy atom. The Bertz CT molecular complexity index is 1770. The van der Waals surface area contributed by atoms with Gasteiger partial charge in [0.15, 0.2) is 11.5 Å². The Labute approximate surface area is 298 Å². The summed E-state index contributed by atoms with van der Waals surface area (Å²) in [6.07, 6.45) is 0.961. The van der Waals surface area contributed by atoms with Gasteiger partial charge >= 0.3 is 19.3 Å². The van der Waals surface area contributed by atoms with Gasteiger partial charge in [-0.05, 0) is 61.8 Å². The topological polar surface area (TPSA) is 137 Å². The minimum Gasteiger partial charge on any atom is -0.454 e. The van der Waals surface area contributed by atoms with Crippen molar-refractivity contribution < 1.29 is 42.6 Å². The Morgan fingerprint density at radius 2 is 1.73 bits per heavy atom. The first-order chi connectivity index (χ1) is 24.2. The van der Waals surface area contributed by atoms with Gasteiger partial charge in [0.05, 0.1) is 37.4 Å². The predicted octanol–water partition coefficient (Wildman–Crippen LogP) is 4.40. The lowest BCUT2D eigenvalue weighted by atomic mass is 9.78. The van der Waals surface area contributed by atoms with Gasteiger partial charge in [-0.1, -0.05) is 44.2 Å². The van der Waals surface area contributed by atoms with E-state index in [1.165, 1.54) is 7.11 Å². The molecule has 1 N–H and O–H groups in total. The third-order valence-electron chi connectivity index (χ3n) is 10.9. The first-order valence-corrected chi connectivity index (χ1v) is 17.5. The fourth-order valence-electron chi connectivity index (χ4n) is 7.17. The molecule has 51 heavy (non-hydrogen) atoms. The molecular formula is C37H45BN4O9. The van der Waals surface area contributed by atoms with Crippen LogP contribution in [0.3, 0.4) is 0 Å². The van der Waals surface area contributed by atoms with Crippen LogP contribution in [-0.2, 0) is 36.7 Å². The Morgan fingerprint density at radius 3 is 2.41 bits per heavy atom. The van der Waals surface area contributed by atoms with E-state index in [1.54, 1.807) is 9.80 Å². The summed E-state index contributed by atoms with van der Waals surface area (Å²) in [5.41, 5.74) is 4.74. The number of hydrogen-bond donors (Lipinski definition) is 1. The molecule has 14 heteroatoms. The van der Waals surface area contributed by atoms with Gasteiger partial charge in [-0.25, -0.2) is 9.59 Å². The first-order valence-electron chi connectivity index (χ1n) is 17.5. The van der Waals surface area contributed by atoms with Crippen molar-refractivity contribution in [3.05, 3.63) is 59.3 Å². The van der Waals surface area contributed by atoms with Gasteiger partial charge in [-0.2, -0.15) is 0 Å². The summed E-state index contributed by atoms with van der Waals surface area (Å²) >= 11 is 0. The van der Waals surface area contributed by atoms with E-state index >= 15 is 0 Å². The molecule has 0 spiro atoms. The average molecular weight is 701 g/mol. The van der Waals surface area contributed by atoms with Gasteiger partial charge in [0.1, 0.15) is 12.1 Å². The molecule has 2 fully saturated rings. The number of nitrogens with one attached hydrogen (secondary N) is 1. The molecule has 5 heterocycles. The minimum atomic E-state index is -0.844. The van der Waals surface area contributed by atoms with Crippen molar-refractivity contribution in [2.45, 2.75) is 96.9 Å². The molecule has 7 rings (SSSR count). The lowest BCUT2D eigenvalue weighted by Gasteiger charge is -2.32. The highest BCUT2D eigenvalue weighted by atomic mass is 16.7. The van der Waals surface area contributed by atoms with E-state index in [-0.39, 0.29) is 25.2 Å². The summed E-state index contributed by atoms with van der Waals surface area (Å²) in [5, 5.41) is 2.69.